The molecule has 0 amide bonds. The van der Waals surface area contributed by atoms with Crippen LogP contribution in [0.5, 0.6) is 5.75 Å². The minimum atomic E-state index is 0.774. The average Bonchev–Trinajstić information content (AvgIpc) is 3.00. The first-order chi connectivity index (χ1) is 12.2. The molecule has 2 aromatic carbocycles. The molecule has 3 N–H and O–H groups in total. The van der Waals surface area contributed by atoms with Crippen LogP contribution in [-0.2, 0) is 6.54 Å². The number of H-pyrrole nitrogens is 1. The molecule has 0 saturated heterocycles. The van der Waals surface area contributed by atoms with Gasteiger partial charge in [-0.25, -0.2) is 4.98 Å². The molecule has 0 spiro atoms. The summed E-state index contributed by atoms with van der Waals surface area (Å²) in [6.07, 6.45) is 1.00. The predicted octanol–water partition coefficient (Wildman–Crippen LogP) is 4.69. The summed E-state index contributed by atoms with van der Waals surface area (Å²) in [6.45, 7) is 2.62. The molecule has 1 aromatic heterocycles. The maximum atomic E-state index is 5.33. The number of nitrogens with one attached hydrogen (secondary N) is 3. The standard InChI is InChI=1S/C18H20Br2N4O/c1-25-16-5-2-4-15-17(16)24-18(23-15)22-7-3-6-21-11-12-8-13(19)10-14(20)9-12/h2,4-5,8-10,21H,3,6-7,11H2,1H3,(H2,22,23,24). The smallest absolute Gasteiger partial charge is 0.201 e. The first-order valence-corrected chi connectivity index (χ1v) is 9.66. The van der Waals surface area contributed by atoms with E-state index in [1.807, 2.05) is 24.3 Å². The van der Waals surface area contributed by atoms with Gasteiger partial charge in [-0.2, -0.15) is 0 Å². The highest BCUT2D eigenvalue weighted by molar-refractivity contribution is 9.11. The van der Waals surface area contributed by atoms with Crippen molar-refractivity contribution in [3.05, 3.63) is 50.9 Å². The van der Waals surface area contributed by atoms with Gasteiger partial charge in [-0.1, -0.05) is 37.9 Å². The summed E-state index contributed by atoms with van der Waals surface area (Å²) in [5.41, 5.74) is 3.07. The normalized spacial score (nSPS) is 11.0. The Kier molecular flexibility index (Phi) is 6.34. The molecule has 0 aliphatic heterocycles. The van der Waals surface area contributed by atoms with Crippen LogP contribution in [-0.4, -0.2) is 30.2 Å². The third-order valence-corrected chi connectivity index (χ3v) is 4.69. The highest BCUT2D eigenvalue weighted by Gasteiger charge is 2.06. The lowest BCUT2D eigenvalue weighted by atomic mass is 10.2. The quantitative estimate of drug-likeness (QED) is 0.420. The van der Waals surface area contributed by atoms with Gasteiger partial charge in [-0.05, 0) is 48.9 Å². The Bertz CT molecular complexity index is 830. The number of imidazole rings is 1. The SMILES string of the molecule is COc1cccc2[nH]c(NCCCNCc3cc(Br)cc(Br)c3)nc12. The third-order valence-electron chi connectivity index (χ3n) is 3.77. The van der Waals surface area contributed by atoms with E-state index in [1.165, 1.54) is 5.56 Å². The van der Waals surface area contributed by atoms with Gasteiger partial charge < -0.3 is 20.4 Å². The lowest BCUT2D eigenvalue weighted by Gasteiger charge is -2.07. The van der Waals surface area contributed by atoms with Crippen molar-refractivity contribution < 1.29 is 4.74 Å². The summed E-state index contributed by atoms with van der Waals surface area (Å²) >= 11 is 7.02. The van der Waals surface area contributed by atoms with Crippen molar-refractivity contribution in [3.8, 4) is 5.75 Å². The zero-order chi connectivity index (χ0) is 17.6. The van der Waals surface area contributed by atoms with E-state index < -0.39 is 0 Å². The number of benzene rings is 2. The lowest BCUT2D eigenvalue weighted by Crippen LogP contribution is -2.17. The molecule has 0 radical (unpaired) electrons. The number of aromatic nitrogens is 2. The number of rotatable bonds is 8. The van der Waals surface area contributed by atoms with Crippen molar-refractivity contribution in [1.82, 2.24) is 15.3 Å². The maximum absolute atomic E-state index is 5.33. The fourth-order valence-corrected chi connectivity index (χ4v) is 4.01. The molecule has 0 bridgehead atoms. The van der Waals surface area contributed by atoms with Gasteiger partial charge in [0.25, 0.3) is 0 Å². The largest absolute Gasteiger partial charge is 0.494 e. The zero-order valence-electron chi connectivity index (χ0n) is 13.9. The van der Waals surface area contributed by atoms with Crippen molar-refractivity contribution in [2.75, 3.05) is 25.5 Å². The fourth-order valence-electron chi connectivity index (χ4n) is 2.62. The van der Waals surface area contributed by atoms with Gasteiger partial charge in [0.2, 0.25) is 5.95 Å². The van der Waals surface area contributed by atoms with Gasteiger partial charge >= 0.3 is 0 Å². The summed E-state index contributed by atoms with van der Waals surface area (Å²) in [5, 5.41) is 6.78. The van der Waals surface area contributed by atoms with E-state index in [-0.39, 0.29) is 0 Å². The lowest BCUT2D eigenvalue weighted by molar-refractivity contribution is 0.419. The minimum Gasteiger partial charge on any atom is -0.494 e. The Labute approximate surface area is 163 Å². The van der Waals surface area contributed by atoms with Crippen molar-refractivity contribution >= 4 is 48.8 Å². The highest BCUT2D eigenvalue weighted by Crippen LogP contribution is 2.24. The van der Waals surface area contributed by atoms with Crippen LogP contribution in [0.2, 0.25) is 0 Å². The zero-order valence-corrected chi connectivity index (χ0v) is 17.1. The molecule has 3 aromatic rings. The summed E-state index contributed by atoms with van der Waals surface area (Å²) in [7, 11) is 1.66. The van der Waals surface area contributed by atoms with Gasteiger partial charge in [0, 0.05) is 22.0 Å². The Morgan fingerprint density at radius 1 is 1.12 bits per heavy atom. The van der Waals surface area contributed by atoms with Crippen LogP contribution in [0.25, 0.3) is 11.0 Å². The molecule has 0 atom stereocenters. The Morgan fingerprint density at radius 3 is 2.68 bits per heavy atom. The highest BCUT2D eigenvalue weighted by atomic mass is 79.9. The molecule has 0 unspecified atom stereocenters. The molecule has 132 valence electrons. The van der Waals surface area contributed by atoms with Gasteiger partial charge in [0.1, 0.15) is 11.3 Å². The predicted molar refractivity (Wildman–Crippen MR) is 109 cm³/mol. The molecule has 1 heterocycles. The summed E-state index contributed by atoms with van der Waals surface area (Å²) in [6, 6.07) is 12.1. The van der Waals surface area contributed by atoms with E-state index in [4.69, 9.17) is 4.74 Å². The Morgan fingerprint density at radius 2 is 1.92 bits per heavy atom. The number of hydrogen-bond acceptors (Lipinski definition) is 4. The van der Waals surface area contributed by atoms with E-state index in [0.717, 1.165) is 57.7 Å². The topological polar surface area (TPSA) is 62.0 Å². The van der Waals surface area contributed by atoms with E-state index in [0.29, 0.717) is 0 Å². The van der Waals surface area contributed by atoms with Gasteiger partial charge in [0.05, 0.1) is 12.6 Å². The van der Waals surface area contributed by atoms with Gasteiger partial charge in [0.15, 0.2) is 0 Å². The summed E-state index contributed by atoms with van der Waals surface area (Å²) in [5.74, 6) is 1.55. The van der Waals surface area contributed by atoms with E-state index in [9.17, 15) is 0 Å². The van der Waals surface area contributed by atoms with Crippen LogP contribution in [0, 0.1) is 0 Å². The molecule has 25 heavy (non-hydrogen) atoms. The first kappa shape index (κ1) is 18.2. The number of halogens is 2. The van der Waals surface area contributed by atoms with E-state index >= 15 is 0 Å². The van der Waals surface area contributed by atoms with Crippen molar-refractivity contribution in [2.24, 2.45) is 0 Å². The Hall–Kier alpha value is -1.57. The number of nitrogens with zero attached hydrogens (tertiary/aromatic N) is 1. The summed E-state index contributed by atoms with van der Waals surface area (Å²) < 4.78 is 7.50. The third kappa shape index (κ3) is 4.96. The first-order valence-electron chi connectivity index (χ1n) is 8.08. The molecule has 7 heteroatoms. The van der Waals surface area contributed by atoms with Crippen LogP contribution in [0.3, 0.4) is 0 Å². The monoisotopic (exact) mass is 466 g/mol. The van der Waals surface area contributed by atoms with Crippen molar-refractivity contribution in [2.45, 2.75) is 13.0 Å². The number of fused-ring (bicyclic) bond motifs is 1. The van der Waals surface area contributed by atoms with Crippen molar-refractivity contribution in [1.29, 1.82) is 0 Å². The van der Waals surface area contributed by atoms with E-state index in [1.54, 1.807) is 7.11 Å². The second kappa shape index (κ2) is 8.69. The minimum absolute atomic E-state index is 0.774. The fraction of sp³-hybridized carbons (Fsp3) is 0.278. The Balaban J connectivity index is 1.43. The second-order valence-corrected chi connectivity index (χ2v) is 7.51. The molecule has 3 rings (SSSR count). The molecular weight excluding hydrogens is 448 g/mol. The van der Waals surface area contributed by atoms with Crippen LogP contribution < -0.4 is 15.4 Å². The average molecular weight is 468 g/mol. The number of para-hydroxylation sites is 1. The number of aromatic amines is 1. The molecule has 0 fully saturated rings. The number of ether oxygens (including phenoxy) is 1. The van der Waals surface area contributed by atoms with Crippen LogP contribution in [0.1, 0.15) is 12.0 Å². The number of hydrogen-bond donors (Lipinski definition) is 3. The van der Waals surface area contributed by atoms with Crippen LogP contribution in [0.4, 0.5) is 5.95 Å². The molecule has 5 nitrogen and oxygen atoms in total. The number of anilines is 1. The van der Waals surface area contributed by atoms with E-state index in [2.05, 4.69) is 64.6 Å². The van der Waals surface area contributed by atoms with Crippen molar-refractivity contribution in [3.63, 3.8) is 0 Å². The maximum Gasteiger partial charge on any atom is 0.201 e. The molecule has 0 aliphatic carbocycles. The molecule has 0 saturated carbocycles. The van der Waals surface area contributed by atoms with Crippen LogP contribution in [0.15, 0.2) is 45.3 Å². The summed E-state index contributed by atoms with van der Waals surface area (Å²) in [4.78, 5) is 7.81. The van der Waals surface area contributed by atoms with Crippen LogP contribution >= 0.6 is 31.9 Å². The van der Waals surface area contributed by atoms with Gasteiger partial charge in [-0.15, -0.1) is 0 Å². The van der Waals surface area contributed by atoms with Gasteiger partial charge in [-0.3, -0.25) is 0 Å². The number of methoxy groups -OCH3 is 1. The molecule has 0 aliphatic rings. The molecular formula is C18H20Br2N4O. The second-order valence-electron chi connectivity index (χ2n) is 5.68.